The smallest absolute Gasteiger partial charge is 0.407 e. The van der Waals surface area contributed by atoms with Gasteiger partial charge >= 0.3 is 6.09 Å². The van der Waals surface area contributed by atoms with Crippen molar-refractivity contribution >= 4 is 6.09 Å². The van der Waals surface area contributed by atoms with E-state index in [2.05, 4.69) is 5.32 Å². The van der Waals surface area contributed by atoms with Crippen molar-refractivity contribution in [2.75, 3.05) is 20.6 Å². The van der Waals surface area contributed by atoms with Gasteiger partial charge in [-0.25, -0.2) is 4.79 Å². The van der Waals surface area contributed by atoms with Gasteiger partial charge in [0.2, 0.25) is 0 Å². The van der Waals surface area contributed by atoms with Crippen LogP contribution >= 0.6 is 0 Å². The van der Waals surface area contributed by atoms with Gasteiger partial charge in [-0.2, -0.15) is 0 Å². The molecule has 0 aromatic heterocycles. The number of nitrogens with one attached hydrogen (secondary N) is 1. The molecule has 2 N–H and O–H groups in total. The van der Waals surface area contributed by atoms with Gasteiger partial charge in [-0.3, -0.25) is 0 Å². The van der Waals surface area contributed by atoms with Crippen LogP contribution in [0.25, 0.3) is 0 Å². The predicted molar refractivity (Wildman–Crippen MR) is 75.1 cm³/mol. The highest BCUT2D eigenvalue weighted by molar-refractivity contribution is 5.68. The highest BCUT2D eigenvalue weighted by atomic mass is 16.6. The number of ether oxygens (including phenoxy) is 1. The lowest BCUT2D eigenvalue weighted by Gasteiger charge is -2.38. The fourth-order valence-corrected chi connectivity index (χ4v) is 2.52. The molecule has 0 saturated heterocycles. The van der Waals surface area contributed by atoms with Crippen molar-refractivity contribution < 1.29 is 14.6 Å². The lowest BCUT2D eigenvalue weighted by Crippen LogP contribution is -2.48. The third kappa shape index (κ3) is 6.25. The summed E-state index contributed by atoms with van der Waals surface area (Å²) < 4.78 is 5.24. The molecule has 0 aromatic rings. The van der Waals surface area contributed by atoms with Gasteiger partial charge in [0.15, 0.2) is 0 Å². The number of likely N-dealkylation sites (N-methyl/N-ethyl adjacent to an activating group) is 1. The summed E-state index contributed by atoms with van der Waals surface area (Å²) >= 11 is 0. The molecule has 19 heavy (non-hydrogen) atoms. The molecule has 0 aromatic carbocycles. The molecule has 1 saturated carbocycles. The Morgan fingerprint density at radius 3 is 2.32 bits per heavy atom. The number of alkyl carbamates (subject to hydrolysis) is 1. The summed E-state index contributed by atoms with van der Waals surface area (Å²) in [7, 11) is 3.92. The maximum atomic E-state index is 11.7. The summed E-state index contributed by atoms with van der Waals surface area (Å²) in [5.74, 6) is 0. The molecule has 1 fully saturated rings. The van der Waals surface area contributed by atoms with Gasteiger partial charge in [0.1, 0.15) is 5.60 Å². The molecule has 0 heterocycles. The summed E-state index contributed by atoms with van der Waals surface area (Å²) in [6, 6.07) is 0.109. The van der Waals surface area contributed by atoms with E-state index in [1.54, 1.807) is 0 Å². The summed E-state index contributed by atoms with van der Waals surface area (Å²) in [6.45, 7) is 6.22. The lowest BCUT2D eigenvalue weighted by atomic mass is 9.82. The third-order valence-corrected chi connectivity index (χ3v) is 3.25. The summed E-state index contributed by atoms with van der Waals surface area (Å²) in [6.07, 6.45) is 2.65. The molecule has 112 valence electrons. The fraction of sp³-hybridized carbons (Fsp3) is 0.929. The molecular formula is C14H28N2O3. The van der Waals surface area contributed by atoms with Crippen LogP contribution in [-0.2, 0) is 4.74 Å². The number of hydrogen-bond acceptors (Lipinski definition) is 4. The minimum absolute atomic E-state index is 0.109. The molecule has 0 bridgehead atoms. The van der Waals surface area contributed by atoms with Crippen molar-refractivity contribution in [2.45, 2.75) is 63.7 Å². The topological polar surface area (TPSA) is 61.8 Å². The van der Waals surface area contributed by atoms with Crippen LogP contribution in [0.3, 0.4) is 0 Å². The van der Waals surface area contributed by atoms with Gasteiger partial charge in [-0.05, 0) is 60.5 Å². The second kappa shape index (κ2) is 6.09. The largest absolute Gasteiger partial charge is 0.444 e. The van der Waals surface area contributed by atoms with Gasteiger partial charge in [0.05, 0.1) is 5.60 Å². The maximum Gasteiger partial charge on any atom is 0.407 e. The first kappa shape index (κ1) is 16.2. The SMILES string of the molecule is CN(C)CC1(O)CCC(NC(=O)OC(C)(C)C)CC1. The second-order valence-corrected chi connectivity index (χ2v) is 6.88. The Morgan fingerprint density at radius 2 is 1.89 bits per heavy atom. The van der Waals surface area contributed by atoms with Crippen LogP contribution in [0.2, 0.25) is 0 Å². The molecule has 0 atom stereocenters. The Labute approximate surface area is 116 Å². The highest BCUT2D eigenvalue weighted by Crippen LogP contribution is 2.29. The highest BCUT2D eigenvalue weighted by Gasteiger charge is 2.34. The van der Waals surface area contributed by atoms with Crippen molar-refractivity contribution in [1.82, 2.24) is 10.2 Å². The first-order valence-corrected chi connectivity index (χ1v) is 6.96. The van der Waals surface area contributed by atoms with Crippen LogP contribution in [0.5, 0.6) is 0 Å². The quantitative estimate of drug-likeness (QED) is 0.821. The van der Waals surface area contributed by atoms with E-state index in [0.717, 1.165) is 12.8 Å². The number of rotatable bonds is 3. The minimum Gasteiger partial charge on any atom is -0.444 e. The van der Waals surface area contributed by atoms with E-state index in [9.17, 15) is 9.90 Å². The van der Waals surface area contributed by atoms with Gasteiger partial charge in [0, 0.05) is 12.6 Å². The van der Waals surface area contributed by atoms with Crippen LogP contribution in [0.15, 0.2) is 0 Å². The lowest BCUT2D eigenvalue weighted by molar-refractivity contribution is -0.0239. The molecule has 1 rings (SSSR count). The van der Waals surface area contributed by atoms with Crippen LogP contribution < -0.4 is 5.32 Å². The van der Waals surface area contributed by atoms with Crippen molar-refractivity contribution in [1.29, 1.82) is 0 Å². The number of carbonyl (C=O) groups excluding carboxylic acids is 1. The van der Waals surface area contributed by atoms with E-state index in [0.29, 0.717) is 19.4 Å². The van der Waals surface area contributed by atoms with Crippen molar-refractivity contribution in [3.8, 4) is 0 Å². The number of amides is 1. The fourth-order valence-electron chi connectivity index (χ4n) is 2.52. The molecule has 1 amide bonds. The number of nitrogens with zero attached hydrogens (tertiary/aromatic N) is 1. The molecule has 1 aliphatic rings. The van der Waals surface area contributed by atoms with Crippen molar-refractivity contribution in [3.63, 3.8) is 0 Å². The van der Waals surface area contributed by atoms with Gasteiger partial charge in [-0.1, -0.05) is 0 Å². The molecule has 0 radical (unpaired) electrons. The molecule has 0 spiro atoms. The van der Waals surface area contributed by atoms with E-state index in [1.807, 2.05) is 39.8 Å². The van der Waals surface area contributed by atoms with Gasteiger partial charge < -0.3 is 20.1 Å². The molecule has 1 aliphatic carbocycles. The molecular weight excluding hydrogens is 244 g/mol. The Morgan fingerprint density at radius 1 is 1.37 bits per heavy atom. The Bertz CT molecular complexity index is 302. The Balaban J connectivity index is 2.36. The Hall–Kier alpha value is -0.810. The third-order valence-electron chi connectivity index (χ3n) is 3.25. The molecule has 0 unspecified atom stereocenters. The van der Waals surface area contributed by atoms with Crippen LogP contribution in [-0.4, -0.2) is 54.0 Å². The molecule has 5 nitrogen and oxygen atoms in total. The van der Waals surface area contributed by atoms with E-state index in [4.69, 9.17) is 4.74 Å². The Kier molecular flexibility index (Phi) is 5.21. The standard InChI is InChI=1S/C14H28N2O3/c1-13(2,3)19-12(17)15-11-6-8-14(18,9-7-11)10-16(4)5/h11,18H,6-10H2,1-5H3,(H,15,17). The zero-order chi connectivity index (χ0) is 14.7. The first-order chi connectivity index (χ1) is 8.60. The maximum absolute atomic E-state index is 11.7. The minimum atomic E-state index is -0.615. The van der Waals surface area contributed by atoms with E-state index >= 15 is 0 Å². The number of aliphatic hydroxyl groups is 1. The van der Waals surface area contributed by atoms with Gasteiger partial charge in [-0.15, -0.1) is 0 Å². The predicted octanol–water partition coefficient (Wildman–Crippen LogP) is 1.75. The summed E-state index contributed by atoms with van der Waals surface area (Å²) in [4.78, 5) is 13.7. The first-order valence-electron chi connectivity index (χ1n) is 6.96. The van der Waals surface area contributed by atoms with Crippen LogP contribution in [0, 0.1) is 0 Å². The number of carbonyl (C=O) groups is 1. The normalized spacial score (nSPS) is 28.3. The summed E-state index contributed by atoms with van der Waals surface area (Å²) in [5.41, 5.74) is -1.08. The monoisotopic (exact) mass is 272 g/mol. The van der Waals surface area contributed by atoms with E-state index in [-0.39, 0.29) is 12.1 Å². The average Bonchev–Trinajstić information content (AvgIpc) is 2.17. The van der Waals surface area contributed by atoms with Gasteiger partial charge in [0.25, 0.3) is 0 Å². The zero-order valence-electron chi connectivity index (χ0n) is 12.8. The van der Waals surface area contributed by atoms with Crippen molar-refractivity contribution in [2.24, 2.45) is 0 Å². The van der Waals surface area contributed by atoms with Crippen molar-refractivity contribution in [3.05, 3.63) is 0 Å². The van der Waals surface area contributed by atoms with Crippen LogP contribution in [0.4, 0.5) is 4.79 Å². The zero-order valence-corrected chi connectivity index (χ0v) is 12.8. The molecule has 5 heteroatoms. The van der Waals surface area contributed by atoms with E-state index < -0.39 is 11.2 Å². The summed E-state index contributed by atoms with van der Waals surface area (Å²) in [5, 5.41) is 13.3. The second-order valence-electron chi connectivity index (χ2n) is 6.88. The molecule has 0 aliphatic heterocycles. The average molecular weight is 272 g/mol. The number of hydrogen-bond donors (Lipinski definition) is 2. The van der Waals surface area contributed by atoms with Crippen LogP contribution in [0.1, 0.15) is 46.5 Å². The van der Waals surface area contributed by atoms with E-state index in [1.165, 1.54) is 0 Å².